The molecule has 0 aliphatic heterocycles. The first-order valence-corrected chi connectivity index (χ1v) is 11.2. The summed E-state index contributed by atoms with van der Waals surface area (Å²) in [6, 6.07) is 7.92. The number of aryl methyl sites for hydroxylation is 1. The van der Waals surface area contributed by atoms with Crippen molar-refractivity contribution in [3.63, 3.8) is 0 Å². The normalized spacial score (nSPS) is 11.9. The number of hydrogen-bond acceptors (Lipinski definition) is 5. The van der Waals surface area contributed by atoms with Gasteiger partial charge in [0.25, 0.3) is 5.91 Å². The average molecular weight is 544 g/mol. The Labute approximate surface area is 205 Å². The molecule has 35 heavy (non-hydrogen) atoms. The standard InChI is InChI=1S/C23H17BrF3N7O/c1-12-20(13(2)34(32-12)11-15-10-33-6-4-3-5-19(33)29-15)31-22(35)17-8-18(23(25,26)27)30-21-16(17)7-14(24)9-28-21/h3-10H,11H2,1-2H3,(H,31,35). The van der Waals surface area contributed by atoms with Crippen LogP contribution in [0.3, 0.4) is 0 Å². The molecule has 0 spiro atoms. The Morgan fingerprint density at radius 1 is 1.17 bits per heavy atom. The third kappa shape index (κ3) is 4.36. The molecule has 0 bridgehead atoms. The number of nitrogens with one attached hydrogen (secondary N) is 1. The molecule has 0 fully saturated rings. The van der Waals surface area contributed by atoms with Crippen LogP contribution in [0.5, 0.6) is 0 Å². The number of rotatable bonds is 4. The van der Waals surface area contributed by atoms with Gasteiger partial charge in [-0.25, -0.2) is 15.0 Å². The number of fused-ring (bicyclic) bond motifs is 2. The summed E-state index contributed by atoms with van der Waals surface area (Å²) in [7, 11) is 0. The van der Waals surface area contributed by atoms with Gasteiger partial charge in [-0.1, -0.05) is 6.07 Å². The fraction of sp³-hybridized carbons (Fsp3) is 0.174. The van der Waals surface area contributed by atoms with Crippen molar-refractivity contribution in [2.24, 2.45) is 0 Å². The molecule has 5 aromatic heterocycles. The molecule has 1 N–H and O–H groups in total. The van der Waals surface area contributed by atoms with Crippen molar-refractivity contribution in [3.8, 4) is 0 Å². The minimum atomic E-state index is -4.73. The number of halogens is 4. The Hall–Kier alpha value is -3.80. The fourth-order valence-electron chi connectivity index (χ4n) is 3.84. The number of anilines is 1. The van der Waals surface area contributed by atoms with E-state index in [4.69, 9.17) is 0 Å². The maximum Gasteiger partial charge on any atom is 0.433 e. The van der Waals surface area contributed by atoms with Gasteiger partial charge in [0.05, 0.1) is 34.9 Å². The van der Waals surface area contributed by atoms with Gasteiger partial charge in [-0.15, -0.1) is 0 Å². The molecule has 0 saturated carbocycles. The summed E-state index contributed by atoms with van der Waals surface area (Å²) >= 11 is 3.25. The molecule has 12 heteroatoms. The van der Waals surface area contributed by atoms with Gasteiger partial charge in [-0.2, -0.15) is 18.3 Å². The molecular weight excluding hydrogens is 527 g/mol. The highest BCUT2D eigenvalue weighted by atomic mass is 79.9. The van der Waals surface area contributed by atoms with E-state index in [1.807, 2.05) is 35.0 Å². The van der Waals surface area contributed by atoms with Gasteiger partial charge in [0, 0.05) is 28.4 Å². The summed E-state index contributed by atoms with van der Waals surface area (Å²) in [5.41, 5.74) is 1.58. The number of amides is 1. The summed E-state index contributed by atoms with van der Waals surface area (Å²) in [5, 5.41) is 7.42. The summed E-state index contributed by atoms with van der Waals surface area (Å²) < 4.78 is 44.4. The van der Waals surface area contributed by atoms with E-state index in [9.17, 15) is 18.0 Å². The van der Waals surface area contributed by atoms with E-state index in [1.165, 1.54) is 12.3 Å². The van der Waals surface area contributed by atoms with Crippen LogP contribution in [-0.4, -0.2) is 35.0 Å². The lowest BCUT2D eigenvalue weighted by molar-refractivity contribution is -0.141. The Bertz CT molecular complexity index is 1570. The number of nitrogens with zero attached hydrogens (tertiary/aromatic N) is 6. The number of hydrogen-bond donors (Lipinski definition) is 1. The average Bonchev–Trinajstić information content (AvgIpc) is 3.33. The molecule has 5 rings (SSSR count). The van der Waals surface area contributed by atoms with E-state index in [0.29, 0.717) is 28.1 Å². The van der Waals surface area contributed by atoms with E-state index in [-0.39, 0.29) is 16.6 Å². The van der Waals surface area contributed by atoms with Crippen LogP contribution in [0.15, 0.2) is 53.4 Å². The Kier molecular flexibility index (Phi) is 5.55. The van der Waals surface area contributed by atoms with Crippen molar-refractivity contribution in [2.75, 3.05) is 5.32 Å². The number of imidazole rings is 1. The molecule has 5 heterocycles. The monoisotopic (exact) mass is 543 g/mol. The third-order valence-corrected chi connectivity index (χ3v) is 5.95. The third-order valence-electron chi connectivity index (χ3n) is 5.51. The molecule has 0 unspecified atom stereocenters. The second-order valence-electron chi connectivity index (χ2n) is 7.93. The summed E-state index contributed by atoms with van der Waals surface area (Å²) in [6.07, 6.45) is 0.369. The van der Waals surface area contributed by atoms with E-state index in [0.717, 1.165) is 17.4 Å². The van der Waals surface area contributed by atoms with Gasteiger partial charge in [-0.05, 0) is 54.0 Å². The largest absolute Gasteiger partial charge is 0.433 e. The lowest BCUT2D eigenvalue weighted by atomic mass is 10.1. The number of alkyl halides is 3. The molecule has 1 amide bonds. The predicted molar refractivity (Wildman–Crippen MR) is 126 cm³/mol. The maximum atomic E-state index is 13.4. The van der Waals surface area contributed by atoms with Crippen molar-refractivity contribution < 1.29 is 18.0 Å². The SMILES string of the molecule is Cc1nn(Cc2cn3ccccc3n2)c(C)c1NC(=O)c1cc(C(F)(F)F)nc2ncc(Br)cc12. The highest BCUT2D eigenvalue weighted by molar-refractivity contribution is 9.10. The van der Waals surface area contributed by atoms with Crippen LogP contribution >= 0.6 is 15.9 Å². The summed E-state index contributed by atoms with van der Waals surface area (Å²) in [6.45, 7) is 3.85. The zero-order valence-corrected chi connectivity index (χ0v) is 20.0. The highest BCUT2D eigenvalue weighted by Crippen LogP contribution is 2.32. The van der Waals surface area contributed by atoms with Crippen LogP contribution in [0.25, 0.3) is 16.7 Å². The van der Waals surface area contributed by atoms with Gasteiger partial charge in [0.15, 0.2) is 5.65 Å². The van der Waals surface area contributed by atoms with Gasteiger partial charge >= 0.3 is 6.18 Å². The molecule has 5 aromatic rings. The summed E-state index contributed by atoms with van der Waals surface area (Å²) in [5.74, 6) is -0.721. The lowest BCUT2D eigenvalue weighted by Gasteiger charge is -2.12. The highest BCUT2D eigenvalue weighted by Gasteiger charge is 2.34. The van der Waals surface area contributed by atoms with Crippen molar-refractivity contribution in [1.82, 2.24) is 29.1 Å². The smallest absolute Gasteiger partial charge is 0.319 e. The van der Waals surface area contributed by atoms with Gasteiger partial charge in [0.1, 0.15) is 11.3 Å². The quantitative estimate of drug-likeness (QED) is 0.337. The molecule has 0 aliphatic carbocycles. The van der Waals surface area contributed by atoms with Gasteiger partial charge in [0.2, 0.25) is 0 Å². The number of carbonyl (C=O) groups excluding carboxylic acids is 1. The fourth-order valence-corrected chi connectivity index (χ4v) is 4.17. The Morgan fingerprint density at radius 2 is 1.97 bits per heavy atom. The van der Waals surface area contributed by atoms with Crippen molar-refractivity contribution >= 4 is 44.2 Å². The molecule has 0 atom stereocenters. The first-order valence-electron chi connectivity index (χ1n) is 10.4. The molecule has 0 aromatic carbocycles. The minimum Gasteiger partial charge on any atom is -0.319 e. The van der Waals surface area contributed by atoms with Crippen molar-refractivity contribution in [3.05, 3.63) is 81.7 Å². The van der Waals surface area contributed by atoms with Crippen LogP contribution in [0, 0.1) is 13.8 Å². The van der Waals surface area contributed by atoms with Crippen LogP contribution in [0.1, 0.15) is 33.1 Å². The van der Waals surface area contributed by atoms with E-state index in [2.05, 4.69) is 41.3 Å². The Morgan fingerprint density at radius 3 is 2.71 bits per heavy atom. The second kappa shape index (κ2) is 8.45. The van der Waals surface area contributed by atoms with Crippen LogP contribution in [0.2, 0.25) is 0 Å². The second-order valence-corrected chi connectivity index (χ2v) is 8.85. The van der Waals surface area contributed by atoms with Crippen LogP contribution in [0.4, 0.5) is 18.9 Å². The van der Waals surface area contributed by atoms with Gasteiger partial charge in [-0.3, -0.25) is 9.48 Å². The lowest BCUT2D eigenvalue weighted by Crippen LogP contribution is -2.17. The topological polar surface area (TPSA) is 90.0 Å². The van der Waals surface area contributed by atoms with Crippen LogP contribution < -0.4 is 5.32 Å². The zero-order valence-electron chi connectivity index (χ0n) is 18.4. The predicted octanol–water partition coefficient (Wildman–Crippen LogP) is 5.17. The molecule has 0 aliphatic rings. The first kappa shape index (κ1) is 23.0. The Balaban J connectivity index is 1.49. The summed E-state index contributed by atoms with van der Waals surface area (Å²) in [4.78, 5) is 25.3. The molecule has 178 valence electrons. The molecule has 0 saturated heterocycles. The van der Waals surface area contributed by atoms with E-state index >= 15 is 0 Å². The van der Waals surface area contributed by atoms with Crippen LogP contribution in [-0.2, 0) is 12.7 Å². The van der Waals surface area contributed by atoms with Gasteiger partial charge < -0.3 is 9.72 Å². The van der Waals surface area contributed by atoms with Crippen molar-refractivity contribution in [2.45, 2.75) is 26.6 Å². The molecular formula is C23H17BrF3N7O. The van der Waals surface area contributed by atoms with E-state index in [1.54, 1.807) is 18.5 Å². The number of pyridine rings is 3. The molecule has 8 nitrogen and oxygen atoms in total. The maximum absolute atomic E-state index is 13.4. The zero-order chi connectivity index (χ0) is 24.9. The number of aromatic nitrogens is 6. The molecule has 0 radical (unpaired) electrons. The van der Waals surface area contributed by atoms with Crippen molar-refractivity contribution in [1.29, 1.82) is 0 Å². The minimum absolute atomic E-state index is 0.177. The van der Waals surface area contributed by atoms with E-state index < -0.39 is 17.8 Å². The first-order chi connectivity index (χ1) is 16.6. The number of carbonyl (C=O) groups is 1.